The quantitative estimate of drug-likeness (QED) is 0.664. The summed E-state index contributed by atoms with van der Waals surface area (Å²) in [5, 5.41) is 8.89. The maximum atomic E-state index is 11.9. The summed E-state index contributed by atoms with van der Waals surface area (Å²) in [6.07, 6.45) is 2.30. The molecule has 0 bridgehead atoms. The molecular formula is C20H29N3O3S. The van der Waals surface area contributed by atoms with Gasteiger partial charge in [-0.2, -0.15) is 0 Å². The molecule has 3 heterocycles. The van der Waals surface area contributed by atoms with Gasteiger partial charge in [-0.05, 0) is 42.7 Å². The third-order valence-corrected chi connectivity index (χ3v) is 5.61. The van der Waals surface area contributed by atoms with Crippen molar-refractivity contribution in [2.24, 2.45) is 11.8 Å². The standard InChI is InChI=1S/C20H29N3O3S/c1-15-9-16(2)12-23(11-15)7-4-6-21-20(24)14-25-13-17-10-18(26-22-17)19-5-3-8-27-19/h3,5,8,10,15-16H,4,6-7,9,11-14H2,1-2H3,(H,21,24)/t15-,16+. The van der Waals surface area contributed by atoms with Gasteiger partial charge in [-0.25, -0.2) is 0 Å². The Hall–Kier alpha value is -1.70. The number of amides is 1. The predicted octanol–water partition coefficient (Wildman–Crippen LogP) is 3.40. The Bertz CT molecular complexity index is 691. The maximum Gasteiger partial charge on any atom is 0.246 e. The molecule has 1 fully saturated rings. The summed E-state index contributed by atoms with van der Waals surface area (Å²) in [6, 6.07) is 5.80. The van der Waals surface area contributed by atoms with Gasteiger partial charge in [0, 0.05) is 25.7 Å². The number of carbonyl (C=O) groups is 1. The van der Waals surface area contributed by atoms with Crippen LogP contribution in [0.15, 0.2) is 28.1 Å². The molecule has 0 aliphatic carbocycles. The molecule has 0 radical (unpaired) electrons. The monoisotopic (exact) mass is 391 g/mol. The lowest BCUT2D eigenvalue weighted by molar-refractivity contribution is -0.126. The van der Waals surface area contributed by atoms with Crippen LogP contribution in [-0.4, -0.2) is 48.7 Å². The molecule has 1 N–H and O–H groups in total. The molecule has 3 rings (SSSR count). The predicted molar refractivity (Wildman–Crippen MR) is 106 cm³/mol. The molecule has 27 heavy (non-hydrogen) atoms. The van der Waals surface area contributed by atoms with Gasteiger partial charge in [-0.1, -0.05) is 25.1 Å². The maximum absolute atomic E-state index is 11.9. The first-order chi connectivity index (χ1) is 13.1. The molecule has 7 heteroatoms. The molecule has 0 unspecified atom stereocenters. The van der Waals surface area contributed by atoms with Crippen LogP contribution in [0.5, 0.6) is 0 Å². The zero-order valence-electron chi connectivity index (χ0n) is 16.1. The molecule has 148 valence electrons. The molecule has 2 aromatic heterocycles. The Morgan fingerprint density at radius 3 is 2.96 bits per heavy atom. The molecule has 0 spiro atoms. The van der Waals surface area contributed by atoms with E-state index in [4.69, 9.17) is 9.26 Å². The van der Waals surface area contributed by atoms with Crippen molar-refractivity contribution in [3.05, 3.63) is 29.3 Å². The second-order valence-electron chi connectivity index (χ2n) is 7.56. The van der Waals surface area contributed by atoms with E-state index in [1.165, 1.54) is 19.5 Å². The van der Waals surface area contributed by atoms with Crippen molar-refractivity contribution < 1.29 is 14.1 Å². The first kappa shape index (κ1) is 20.0. The van der Waals surface area contributed by atoms with Crippen LogP contribution in [0.2, 0.25) is 0 Å². The summed E-state index contributed by atoms with van der Waals surface area (Å²) in [5.74, 6) is 2.19. The summed E-state index contributed by atoms with van der Waals surface area (Å²) in [6.45, 7) is 9.03. The van der Waals surface area contributed by atoms with Gasteiger partial charge in [0.25, 0.3) is 0 Å². The van der Waals surface area contributed by atoms with E-state index in [1.807, 2.05) is 23.6 Å². The lowest BCUT2D eigenvalue weighted by Gasteiger charge is -2.34. The Morgan fingerprint density at radius 2 is 2.22 bits per heavy atom. The minimum Gasteiger partial charge on any atom is -0.365 e. The molecule has 1 aliphatic rings. The number of hydrogen-bond donors (Lipinski definition) is 1. The number of nitrogens with zero attached hydrogens (tertiary/aromatic N) is 2. The van der Waals surface area contributed by atoms with E-state index in [0.29, 0.717) is 12.2 Å². The second kappa shape index (κ2) is 10.0. The fraction of sp³-hybridized carbons (Fsp3) is 0.600. The second-order valence-corrected chi connectivity index (χ2v) is 8.51. The van der Waals surface area contributed by atoms with E-state index in [0.717, 1.165) is 35.4 Å². The van der Waals surface area contributed by atoms with Crippen LogP contribution < -0.4 is 5.32 Å². The number of piperidine rings is 1. The number of rotatable bonds is 9. The zero-order chi connectivity index (χ0) is 19.1. The normalized spacial score (nSPS) is 20.7. The van der Waals surface area contributed by atoms with Crippen molar-refractivity contribution >= 4 is 17.2 Å². The van der Waals surface area contributed by atoms with Crippen LogP contribution in [-0.2, 0) is 16.1 Å². The van der Waals surface area contributed by atoms with Gasteiger partial charge in [-0.3, -0.25) is 4.79 Å². The molecule has 2 aromatic rings. The minimum atomic E-state index is -0.0858. The van der Waals surface area contributed by atoms with Crippen molar-refractivity contribution in [2.45, 2.75) is 33.3 Å². The van der Waals surface area contributed by atoms with Crippen LogP contribution in [0, 0.1) is 11.8 Å². The Morgan fingerprint density at radius 1 is 1.41 bits per heavy atom. The van der Waals surface area contributed by atoms with Gasteiger partial charge in [-0.15, -0.1) is 11.3 Å². The zero-order valence-corrected chi connectivity index (χ0v) is 17.0. The van der Waals surface area contributed by atoms with Crippen molar-refractivity contribution in [3.63, 3.8) is 0 Å². The number of ether oxygens (including phenoxy) is 1. The van der Waals surface area contributed by atoms with Crippen LogP contribution in [0.1, 0.15) is 32.4 Å². The molecule has 1 amide bonds. The average Bonchev–Trinajstić information content (AvgIpc) is 3.29. The highest BCUT2D eigenvalue weighted by Gasteiger charge is 2.21. The van der Waals surface area contributed by atoms with Crippen molar-refractivity contribution in [1.82, 2.24) is 15.4 Å². The number of carbonyl (C=O) groups excluding carboxylic acids is 1. The van der Waals surface area contributed by atoms with Gasteiger partial charge in [0.15, 0.2) is 5.76 Å². The van der Waals surface area contributed by atoms with Crippen LogP contribution in [0.4, 0.5) is 0 Å². The molecular weight excluding hydrogens is 362 g/mol. The first-order valence-electron chi connectivity index (χ1n) is 9.66. The number of hydrogen-bond acceptors (Lipinski definition) is 6. The molecule has 6 nitrogen and oxygen atoms in total. The Kier molecular flexibility index (Phi) is 7.43. The lowest BCUT2D eigenvalue weighted by atomic mass is 9.92. The number of thiophene rings is 1. The minimum absolute atomic E-state index is 0.0407. The third kappa shape index (κ3) is 6.45. The summed E-state index contributed by atoms with van der Waals surface area (Å²) < 4.78 is 10.7. The lowest BCUT2D eigenvalue weighted by Crippen LogP contribution is -2.40. The Labute approximate surface area is 164 Å². The van der Waals surface area contributed by atoms with E-state index < -0.39 is 0 Å². The molecule has 1 saturated heterocycles. The summed E-state index contributed by atoms with van der Waals surface area (Å²) >= 11 is 1.60. The highest BCUT2D eigenvalue weighted by atomic mass is 32.1. The first-order valence-corrected chi connectivity index (χ1v) is 10.5. The smallest absolute Gasteiger partial charge is 0.246 e. The molecule has 0 aromatic carbocycles. The van der Waals surface area contributed by atoms with E-state index in [1.54, 1.807) is 11.3 Å². The van der Waals surface area contributed by atoms with E-state index >= 15 is 0 Å². The highest BCUT2D eigenvalue weighted by molar-refractivity contribution is 7.13. The SMILES string of the molecule is C[C@@H]1C[C@H](C)CN(CCCNC(=O)COCc2cc(-c3cccs3)on2)C1. The van der Waals surface area contributed by atoms with E-state index in [2.05, 4.69) is 29.2 Å². The summed E-state index contributed by atoms with van der Waals surface area (Å²) in [5.41, 5.74) is 0.694. The number of likely N-dealkylation sites (tertiary alicyclic amines) is 1. The van der Waals surface area contributed by atoms with Crippen LogP contribution in [0.3, 0.4) is 0 Å². The van der Waals surface area contributed by atoms with Gasteiger partial charge in [0.1, 0.15) is 12.3 Å². The summed E-state index contributed by atoms with van der Waals surface area (Å²) in [7, 11) is 0. The van der Waals surface area contributed by atoms with Gasteiger partial charge >= 0.3 is 0 Å². The molecule has 0 saturated carbocycles. The number of nitrogens with one attached hydrogen (secondary N) is 1. The fourth-order valence-corrected chi connectivity index (χ4v) is 4.39. The highest BCUT2D eigenvalue weighted by Crippen LogP contribution is 2.25. The number of aromatic nitrogens is 1. The molecule has 2 atom stereocenters. The van der Waals surface area contributed by atoms with Gasteiger partial charge < -0.3 is 19.5 Å². The van der Waals surface area contributed by atoms with Crippen LogP contribution in [0.25, 0.3) is 10.6 Å². The third-order valence-electron chi connectivity index (χ3n) is 4.72. The average molecular weight is 392 g/mol. The van der Waals surface area contributed by atoms with E-state index in [-0.39, 0.29) is 19.1 Å². The molecule has 1 aliphatic heterocycles. The van der Waals surface area contributed by atoms with Gasteiger partial charge in [0.2, 0.25) is 5.91 Å². The van der Waals surface area contributed by atoms with Crippen LogP contribution >= 0.6 is 11.3 Å². The van der Waals surface area contributed by atoms with E-state index in [9.17, 15) is 4.79 Å². The van der Waals surface area contributed by atoms with Crippen molar-refractivity contribution in [3.8, 4) is 10.6 Å². The summed E-state index contributed by atoms with van der Waals surface area (Å²) in [4.78, 5) is 15.4. The largest absolute Gasteiger partial charge is 0.365 e. The van der Waals surface area contributed by atoms with Gasteiger partial charge in [0.05, 0.1) is 11.5 Å². The van der Waals surface area contributed by atoms with Crippen molar-refractivity contribution in [2.75, 3.05) is 32.8 Å². The van der Waals surface area contributed by atoms with Crippen molar-refractivity contribution in [1.29, 1.82) is 0 Å². The Balaban J connectivity index is 1.27. The fourth-order valence-electron chi connectivity index (χ4n) is 3.72. The topological polar surface area (TPSA) is 67.6 Å².